The van der Waals surface area contributed by atoms with Gasteiger partial charge in [-0.3, -0.25) is 9.59 Å². The normalized spacial score (nSPS) is 23.9. The SMILES string of the molecule is CSCCC(NC(=O)c1ccccc1Br)C(=O)NC1CCCC(C)C1C. The van der Waals surface area contributed by atoms with Crippen molar-refractivity contribution in [2.75, 3.05) is 12.0 Å². The molecule has 144 valence electrons. The number of amides is 2. The highest BCUT2D eigenvalue weighted by molar-refractivity contribution is 9.10. The molecule has 1 aliphatic rings. The van der Waals surface area contributed by atoms with E-state index in [9.17, 15) is 9.59 Å². The maximum Gasteiger partial charge on any atom is 0.253 e. The third kappa shape index (κ3) is 5.74. The molecule has 4 nitrogen and oxygen atoms in total. The number of carbonyl (C=O) groups excluding carboxylic acids is 2. The van der Waals surface area contributed by atoms with Crippen molar-refractivity contribution in [3.63, 3.8) is 0 Å². The third-order valence-corrected chi connectivity index (χ3v) is 6.72. The number of nitrogens with one attached hydrogen (secondary N) is 2. The van der Waals surface area contributed by atoms with Crippen molar-refractivity contribution in [3.05, 3.63) is 34.3 Å². The number of thioether (sulfide) groups is 1. The van der Waals surface area contributed by atoms with Gasteiger partial charge in [0.2, 0.25) is 5.91 Å². The molecular formula is C20H29BrN2O2S. The van der Waals surface area contributed by atoms with E-state index in [4.69, 9.17) is 0 Å². The monoisotopic (exact) mass is 440 g/mol. The van der Waals surface area contributed by atoms with E-state index in [1.165, 1.54) is 6.42 Å². The molecule has 26 heavy (non-hydrogen) atoms. The van der Waals surface area contributed by atoms with Gasteiger partial charge in [-0.2, -0.15) is 11.8 Å². The molecule has 1 saturated carbocycles. The third-order valence-electron chi connectivity index (χ3n) is 5.39. The fourth-order valence-corrected chi connectivity index (χ4v) is 4.39. The van der Waals surface area contributed by atoms with Gasteiger partial charge in [0.25, 0.3) is 5.91 Å². The van der Waals surface area contributed by atoms with Crippen molar-refractivity contribution in [1.82, 2.24) is 10.6 Å². The van der Waals surface area contributed by atoms with Crippen LogP contribution in [0, 0.1) is 11.8 Å². The van der Waals surface area contributed by atoms with Gasteiger partial charge in [-0.15, -0.1) is 0 Å². The van der Waals surface area contributed by atoms with Gasteiger partial charge in [0.05, 0.1) is 5.56 Å². The van der Waals surface area contributed by atoms with Crippen molar-refractivity contribution in [3.8, 4) is 0 Å². The first kappa shape index (κ1) is 21.3. The molecule has 0 bridgehead atoms. The van der Waals surface area contributed by atoms with Crippen molar-refractivity contribution in [1.29, 1.82) is 0 Å². The van der Waals surface area contributed by atoms with Crippen LogP contribution in [0.2, 0.25) is 0 Å². The van der Waals surface area contributed by atoms with Crippen molar-refractivity contribution in [2.24, 2.45) is 11.8 Å². The summed E-state index contributed by atoms with van der Waals surface area (Å²) in [6.45, 7) is 4.47. The molecule has 0 radical (unpaired) electrons. The predicted octanol–water partition coefficient (Wildman–Crippen LogP) is 4.24. The van der Waals surface area contributed by atoms with E-state index in [1.54, 1.807) is 17.8 Å². The first-order valence-electron chi connectivity index (χ1n) is 9.28. The zero-order chi connectivity index (χ0) is 19.1. The zero-order valence-electron chi connectivity index (χ0n) is 15.8. The maximum atomic E-state index is 12.9. The number of carbonyl (C=O) groups is 2. The minimum absolute atomic E-state index is 0.0644. The zero-order valence-corrected chi connectivity index (χ0v) is 18.2. The number of hydrogen-bond donors (Lipinski definition) is 2. The lowest BCUT2D eigenvalue weighted by molar-refractivity contribution is -0.124. The molecule has 1 aromatic rings. The lowest BCUT2D eigenvalue weighted by Crippen LogP contribution is -2.52. The molecule has 1 aliphatic carbocycles. The van der Waals surface area contributed by atoms with Crippen LogP contribution in [0.4, 0.5) is 0 Å². The summed E-state index contributed by atoms with van der Waals surface area (Å²) in [4.78, 5) is 25.5. The molecule has 2 N–H and O–H groups in total. The molecule has 4 unspecified atom stereocenters. The highest BCUT2D eigenvalue weighted by Crippen LogP contribution is 2.29. The summed E-state index contributed by atoms with van der Waals surface area (Å²) < 4.78 is 0.733. The summed E-state index contributed by atoms with van der Waals surface area (Å²) in [5.74, 6) is 1.63. The van der Waals surface area contributed by atoms with E-state index in [0.717, 1.165) is 23.1 Å². The lowest BCUT2D eigenvalue weighted by atomic mass is 9.78. The van der Waals surface area contributed by atoms with Crippen LogP contribution < -0.4 is 10.6 Å². The molecule has 0 saturated heterocycles. The Labute approximate surface area is 169 Å². The molecule has 1 fully saturated rings. The van der Waals surface area contributed by atoms with Crippen LogP contribution in [0.3, 0.4) is 0 Å². The Balaban J connectivity index is 2.04. The molecule has 2 rings (SSSR count). The number of halogens is 1. The van der Waals surface area contributed by atoms with Crippen molar-refractivity contribution < 1.29 is 9.59 Å². The lowest BCUT2D eigenvalue weighted by Gasteiger charge is -2.35. The molecule has 4 atom stereocenters. The second-order valence-corrected chi connectivity index (χ2v) is 9.01. The summed E-state index contributed by atoms with van der Waals surface area (Å²) in [6, 6.07) is 6.96. The van der Waals surface area contributed by atoms with Crippen molar-refractivity contribution in [2.45, 2.75) is 51.6 Å². The van der Waals surface area contributed by atoms with Gasteiger partial charge in [0.15, 0.2) is 0 Å². The van der Waals surface area contributed by atoms with E-state index in [1.807, 2.05) is 24.5 Å². The average molecular weight is 441 g/mol. The van der Waals surface area contributed by atoms with Gasteiger partial charge >= 0.3 is 0 Å². The fourth-order valence-electron chi connectivity index (χ4n) is 3.45. The van der Waals surface area contributed by atoms with E-state index in [-0.39, 0.29) is 17.9 Å². The summed E-state index contributed by atoms with van der Waals surface area (Å²) in [7, 11) is 0. The standard InChI is InChI=1S/C20H29BrN2O2S/c1-13-7-6-10-17(14(13)2)22-20(25)18(11-12-26-3)23-19(24)15-8-4-5-9-16(15)21/h4-5,8-9,13-14,17-18H,6-7,10-12H2,1-3H3,(H,22,25)(H,23,24). The largest absolute Gasteiger partial charge is 0.351 e. The topological polar surface area (TPSA) is 58.2 Å². The summed E-state index contributed by atoms with van der Waals surface area (Å²) in [6.07, 6.45) is 6.03. The second kappa shape index (κ2) is 10.4. The highest BCUT2D eigenvalue weighted by Gasteiger charge is 2.30. The Morgan fingerprint density at radius 1 is 1.27 bits per heavy atom. The average Bonchev–Trinajstić information content (AvgIpc) is 2.62. The Morgan fingerprint density at radius 2 is 2.00 bits per heavy atom. The van der Waals surface area contributed by atoms with Gasteiger partial charge in [0.1, 0.15) is 6.04 Å². The smallest absolute Gasteiger partial charge is 0.253 e. The van der Waals surface area contributed by atoms with Gasteiger partial charge in [0, 0.05) is 10.5 Å². The first-order valence-corrected chi connectivity index (χ1v) is 11.5. The Morgan fingerprint density at radius 3 is 2.69 bits per heavy atom. The van der Waals surface area contributed by atoms with Crippen LogP contribution in [0.25, 0.3) is 0 Å². The quantitative estimate of drug-likeness (QED) is 0.666. The molecule has 0 aliphatic heterocycles. The Kier molecular flexibility index (Phi) is 8.48. The van der Waals surface area contributed by atoms with E-state index in [0.29, 0.717) is 23.8 Å². The summed E-state index contributed by atoms with van der Waals surface area (Å²) >= 11 is 5.08. The molecule has 0 aromatic heterocycles. The number of rotatable bonds is 7. The molecule has 0 spiro atoms. The fraction of sp³-hybridized carbons (Fsp3) is 0.600. The molecular weight excluding hydrogens is 412 g/mol. The minimum Gasteiger partial charge on any atom is -0.351 e. The van der Waals surface area contributed by atoms with Crippen LogP contribution in [-0.2, 0) is 4.79 Å². The molecule has 0 heterocycles. The maximum absolute atomic E-state index is 12.9. The van der Waals surface area contributed by atoms with Gasteiger partial charge in [-0.1, -0.05) is 38.8 Å². The number of hydrogen-bond acceptors (Lipinski definition) is 3. The molecule has 1 aromatic carbocycles. The van der Waals surface area contributed by atoms with Gasteiger partial charge in [-0.05, 0) is 64.7 Å². The Hall–Kier alpha value is -1.01. The van der Waals surface area contributed by atoms with E-state index < -0.39 is 6.04 Å². The highest BCUT2D eigenvalue weighted by atomic mass is 79.9. The minimum atomic E-state index is -0.508. The molecule has 6 heteroatoms. The Bertz CT molecular complexity index is 626. The van der Waals surface area contributed by atoms with Crippen LogP contribution in [0.15, 0.2) is 28.7 Å². The van der Waals surface area contributed by atoms with Crippen molar-refractivity contribution >= 4 is 39.5 Å². The van der Waals surface area contributed by atoms with E-state index >= 15 is 0 Å². The van der Waals surface area contributed by atoms with Crippen LogP contribution in [0.5, 0.6) is 0 Å². The number of benzene rings is 1. The summed E-state index contributed by atoms with van der Waals surface area (Å²) in [5, 5.41) is 6.13. The first-order chi connectivity index (χ1) is 12.4. The predicted molar refractivity (Wildman–Crippen MR) is 113 cm³/mol. The van der Waals surface area contributed by atoms with Crippen LogP contribution in [-0.4, -0.2) is 35.9 Å². The van der Waals surface area contributed by atoms with E-state index in [2.05, 4.69) is 40.4 Å². The summed E-state index contributed by atoms with van der Waals surface area (Å²) in [5.41, 5.74) is 0.550. The van der Waals surface area contributed by atoms with Gasteiger partial charge < -0.3 is 10.6 Å². The van der Waals surface area contributed by atoms with Gasteiger partial charge in [-0.25, -0.2) is 0 Å². The second-order valence-electron chi connectivity index (χ2n) is 7.17. The molecule has 2 amide bonds. The van der Waals surface area contributed by atoms with Crippen LogP contribution in [0.1, 0.15) is 49.9 Å². The van der Waals surface area contributed by atoms with Crippen LogP contribution >= 0.6 is 27.7 Å².